The van der Waals surface area contributed by atoms with E-state index in [0.29, 0.717) is 11.5 Å². The van der Waals surface area contributed by atoms with Gasteiger partial charge in [-0.05, 0) is 23.3 Å². The zero-order valence-electron chi connectivity index (χ0n) is 5.97. The average molecular weight is 179 g/mol. The van der Waals surface area contributed by atoms with E-state index in [9.17, 15) is 4.79 Å². The number of thiocarbonyl (C=S) groups is 1. The van der Waals surface area contributed by atoms with E-state index in [1.54, 1.807) is 12.3 Å². The molecule has 5 heteroatoms. The van der Waals surface area contributed by atoms with Crippen molar-refractivity contribution in [2.24, 2.45) is 0 Å². The fourth-order valence-electron chi connectivity index (χ4n) is 1.05. The van der Waals surface area contributed by atoms with Gasteiger partial charge in [0, 0.05) is 6.20 Å². The number of carbonyl (C=O) groups excluding carboxylic acids is 1. The fraction of sp³-hybridized carbons (Fsp3) is 0. The Bertz CT molecular complexity index is 389. The minimum atomic E-state index is -0.193. The molecule has 3 N–H and O–H groups in total. The Balaban J connectivity index is 2.51. The molecule has 0 spiro atoms. The highest BCUT2D eigenvalue weighted by atomic mass is 32.1. The molecular formula is C7H5N3OS. The van der Waals surface area contributed by atoms with Crippen molar-refractivity contribution in [3.8, 4) is 0 Å². The molecule has 0 radical (unpaired) electrons. The molecular weight excluding hydrogens is 174 g/mol. The van der Waals surface area contributed by atoms with Crippen LogP contribution in [0.5, 0.6) is 0 Å². The zero-order chi connectivity index (χ0) is 8.55. The molecule has 0 fully saturated rings. The number of anilines is 1. The van der Waals surface area contributed by atoms with Gasteiger partial charge in [0.15, 0.2) is 5.82 Å². The van der Waals surface area contributed by atoms with Crippen molar-refractivity contribution >= 4 is 28.8 Å². The highest BCUT2D eigenvalue weighted by Crippen LogP contribution is 2.18. The van der Waals surface area contributed by atoms with Gasteiger partial charge in [0.05, 0.1) is 5.69 Å². The van der Waals surface area contributed by atoms with Gasteiger partial charge >= 0.3 is 0 Å². The number of aromatic nitrogens is 1. The van der Waals surface area contributed by atoms with Gasteiger partial charge in [-0.1, -0.05) is 0 Å². The van der Waals surface area contributed by atoms with Gasteiger partial charge in [0.2, 0.25) is 0 Å². The molecule has 2 heterocycles. The van der Waals surface area contributed by atoms with Gasteiger partial charge in [-0.2, -0.15) is 0 Å². The molecule has 1 aliphatic rings. The SMILES string of the molecule is O=C1NC(=C=S)Nc2cc[nH]c21. The van der Waals surface area contributed by atoms with E-state index in [-0.39, 0.29) is 5.91 Å². The number of hydrogen-bond acceptors (Lipinski definition) is 3. The van der Waals surface area contributed by atoms with Crippen LogP contribution in [0.2, 0.25) is 0 Å². The largest absolute Gasteiger partial charge is 0.355 e. The summed E-state index contributed by atoms with van der Waals surface area (Å²) in [5.41, 5.74) is 1.25. The van der Waals surface area contributed by atoms with Crippen LogP contribution in [0.3, 0.4) is 0 Å². The zero-order valence-corrected chi connectivity index (χ0v) is 6.79. The minimum absolute atomic E-state index is 0.193. The van der Waals surface area contributed by atoms with Crippen molar-refractivity contribution in [3.05, 3.63) is 23.8 Å². The van der Waals surface area contributed by atoms with Crippen LogP contribution < -0.4 is 10.6 Å². The lowest BCUT2D eigenvalue weighted by atomic mass is 10.3. The van der Waals surface area contributed by atoms with Crippen LogP contribution in [-0.4, -0.2) is 15.9 Å². The van der Waals surface area contributed by atoms with E-state index in [0.717, 1.165) is 5.69 Å². The lowest BCUT2D eigenvalue weighted by Crippen LogP contribution is -2.32. The lowest BCUT2D eigenvalue weighted by Gasteiger charge is -2.15. The normalized spacial score (nSPS) is 14.3. The Morgan fingerprint density at radius 2 is 2.25 bits per heavy atom. The number of nitrogens with one attached hydrogen (secondary N) is 3. The van der Waals surface area contributed by atoms with Crippen LogP contribution in [0.1, 0.15) is 10.5 Å². The van der Waals surface area contributed by atoms with Crippen molar-refractivity contribution < 1.29 is 4.79 Å². The van der Waals surface area contributed by atoms with Crippen LogP contribution in [0.25, 0.3) is 0 Å². The summed E-state index contributed by atoms with van der Waals surface area (Å²) in [5.74, 6) is 0.225. The molecule has 0 aliphatic carbocycles. The molecule has 2 rings (SSSR count). The van der Waals surface area contributed by atoms with Crippen molar-refractivity contribution in [1.82, 2.24) is 10.3 Å². The van der Waals surface area contributed by atoms with E-state index in [2.05, 4.69) is 32.9 Å². The highest BCUT2D eigenvalue weighted by Gasteiger charge is 2.19. The second-order valence-electron chi connectivity index (χ2n) is 2.32. The third-order valence-corrected chi connectivity index (χ3v) is 1.78. The molecule has 0 unspecified atom stereocenters. The van der Waals surface area contributed by atoms with Crippen LogP contribution in [0, 0.1) is 0 Å². The molecule has 4 nitrogen and oxygen atoms in total. The second kappa shape index (κ2) is 2.48. The first-order valence-corrected chi connectivity index (χ1v) is 3.73. The number of carbonyl (C=O) groups is 1. The number of H-pyrrole nitrogens is 1. The molecule has 0 bridgehead atoms. The first-order chi connectivity index (χ1) is 5.81. The summed E-state index contributed by atoms with van der Waals surface area (Å²) in [7, 11) is 0. The van der Waals surface area contributed by atoms with Gasteiger partial charge in [0.25, 0.3) is 5.91 Å². The minimum Gasteiger partial charge on any atom is -0.355 e. The monoisotopic (exact) mass is 179 g/mol. The average Bonchev–Trinajstić information content (AvgIpc) is 2.52. The topological polar surface area (TPSA) is 56.9 Å². The van der Waals surface area contributed by atoms with E-state index < -0.39 is 0 Å². The third kappa shape index (κ3) is 0.922. The maximum Gasteiger partial charge on any atom is 0.275 e. The predicted octanol–water partition coefficient (Wildman–Crippen LogP) is 0.610. The van der Waals surface area contributed by atoms with Gasteiger partial charge in [-0.25, -0.2) is 0 Å². The number of aromatic amines is 1. The van der Waals surface area contributed by atoms with Crippen molar-refractivity contribution in [2.45, 2.75) is 0 Å². The Hall–Kier alpha value is -1.58. The van der Waals surface area contributed by atoms with Crippen molar-refractivity contribution in [3.63, 3.8) is 0 Å². The molecule has 12 heavy (non-hydrogen) atoms. The molecule has 1 amide bonds. The van der Waals surface area contributed by atoms with Crippen LogP contribution in [-0.2, 0) is 0 Å². The van der Waals surface area contributed by atoms with Gasteiger partial charge in [-0.15, -0.1) is 0 Å². The summed E-state index contributed by atoms with van der Waals surface area (Å²) in [6.07, 6.45) is 1.68. The van der Waals surface area contributed by atoms with Gasteiger partial charge < -0.3 is 10.3 Å². The number of amides is 1. The maximum atomic E-state index is 11.2. The first-order valence-electron chi connectivity index (χ1n) is 3.32. The molecule has 1 aromatic heterocycles. The summed E-state index contributed by atoms with van der Waals surface area (Å²) in [6, 6.07) is 1.76. The second-order valence-corrected chi connectivity index (χ2v) is 2.53. The van der Waals surface area contributed by atoms with Crippen LogP contribution in [0.4, 0.5) is 5.69 Å². The molecule has 1 aliphatic heterocycles. The highest BCUT2D eigenvalue weighted by molar-refractivity contribution is 7.78. The Labute approximate surface area is 73.7 Å². The van der Waals surface area contributed by atoms with Crippen LogP contribution >= 0.6 is 12.2 Å². The molecule has 60 valence electrons. The molecule has 1 aromatic rings. The Morgan fingerprint density at radius 1 is 1.42 bits per heavy atom. The predicted molar refractivity (Wildman–Crippen MR) is 48.0 cm³/mol. The van der Waals surface area contributed by atoms with E-state index in [1.165, 1.54) is 0 Å². The third-order valence-electron chi connectivity index (χ3n) is 1.57. The molecule has 0 atom stereocenters. The summed E-state index contributed by atoms with van der Waals surface area (Å²) >= 11 is 4.55. The summed E-state index contributed by atoms with van der Waals surface area (Å²) < 4.78 is 0. The number of hydrogen-bond donors (Lipinski definition) is 3. The van der Waals surface area contributed by atoms with Gasteiger partial charge in [-0.3, -0.25) is 10.1 Å². The van der Waals surface area contributed by atoms with Crippen molar-refractivity contribution in [2.75, 3.05) is 5.32 Å². The molecule has 0 saturated carbocycles. The Morgan fingerprint density at radius 3 is 3.00 bits per heavy atom. The van der Waals surface area contributed by atoms with Gasteiger partial charge in [0.1, 0.15) is 5.69 Å². The van der Waals surface area contributed by atoms with E-state index in [4.69, 9.17) is 0 Å². The summed E-state index contributed by atoms with van der Waals surface area (Å²) in [6.45, 7) is 0. The van der Waals surface area contributed by atoms with E-state index in [1.807, 2.05) is 0 Å². The summed E-state index contributed by atoms with van der Waals surface area (Å²) in [4.78, 5) is 14.0. The smallest absolute Gasteiger partial charge is 0.275 e. The lowest BCUT2D eigenvalue weighted by molar-refractivity contribution is 0.0960. The number of rotatable bonds is 0. The Kier molecular flexibility index (Phi) is 1.46. The molecule has 0 aromatic carbocycles. The maximum absolute atomic E-state index is 11.2. The molecule has 0 saturated heterocycles. The standard InChI is InChI=1S/C7H5N3OS/c11-7-6-4(1-2-8-6)9-5(3-12)10-7/h1-2,8-9H,(H,10,11). The van der Waals surface area contributed by atoms with Crippen LogP contribution in [0.15, 0.2) is 18.1 Å². The fourth-order valence-corrected chi connectivity index (χ4v) is 1.16. The quantitative estimate of drug-likeness (QED) is 0.511. The van der Waals surface area contributed by atoms with Crippen molar-refractivity contribution in [1.29, 1.82) is 0 Å². The summed E-state index contributed by atoms with van der Waals surface area (Å²) in [5, 5.41) is 7.83. The first kappa shape index (κ1) is 7.09. The number of fused-ring (bicyclic) bond motifs is 1. The van der Waals surface area contributed by atoms with E-state index >= 15 is 0 Å².